The molecule has 0 bridgehead atoms. The van der Waals surface area contributed by atoms with Crippen LogP contribution >= 0.6 is 0 Å². The van der Waals surface area contributed by atoms with E-state index in [1.165, 1.54) is 13.8 Å². The predicted molar refractivity (Wildman–Crippen MR) is 53.0 cm³/mol. The molecule has 1 rings (SSSR count). The highest BCUT2D eigenvalue weighted by atomic mass is 16.2. The van der Waals surface area contributed by atoms with E-state index in [1.54, 1.807) is 10.8 Å². The first-order chi connectivity index (χ1) is 6.50. The lowest BCUT2D eigenvalue weighted by atomic mass is 10.3. The van der Waals surface area contributed by atoms with Crippen LogP contribution in [0.2, 0.25) is 0 Å². The fourth-order valence-corrected chi connectivity index (χ4v) is 1.30. The molecule has 1 heterocycles. The number of hydrogen-bond acceptors (Lipinski definition) is 2. The first-order valence-electron chi connectivity index (χ1n) is 4.44. The van der Waals surface area contributed by atoms with E-state index >= 15 is 0 Å². The van der Waals surface area contributed by atoms with Gasteiger partial charge >= 0.3 is 0 Å². The van der Waals surface area contributed by atoms with Crippen LogP contribution in [0.1, 0.15) is 29.9 Å². The first kappa shape index (κ1) is 10.5. The van der Waals surface area contributed by atoms with Gasteiger partial charge in [0, 0.05) is 25.7 Å². The Balaban J connectivity index is 2.84. The molecule has 1 amide bonds. The molecular weight excluding hydrogens is 180 g/mol. The van der Waals surface area contributed by atoms with Gasteiger partial charge in [-0.1, -0.05) is 0 Å². The third-order valence-corrected chi connectivity index (χ3v) is 1.89. The maximum atomic E-state index is 11.2. The second kappa shape index (κ2) is 4.09. The molecule has 0 unspecified atom stereocenters. The lowest BCUT2D eigenvalue weighted by Gasteiger charge is -2.04. The van der Waals surface area contributed by atoms with Crippen LogP contribution < -0.4 is 5.32 Å². The minimum atomic E-state index is -0.0982. The molecule has 4 heteroatoms. The van der Waals surface area contributed by atoms with E-state index in [0.717, 1.165) is 11.3 Å². The zero-order chi connectivity index (χ0) is 10.7. The lowest BCUT2D eigenvalue weighted by molar-refractivity contribution is -0.119. The van der Waals surface area contributed by atoms with E-state index in [9.17, 15) is 9.59 Å². The molecule has 4 nitrogen and oxygen atoms in total. The highest BCUT2D eigenvalue weighted by Gasteiger charge is 2.06. The van der Waals surface area contributed by atoms with Crippen molar-refractivity contribution in [1.82, 2.24) is 9.88 Å². The third-order valence-electron chi connectivity index (χ3n) is 1.89. The summed E-state index contributed by atoms with van der Waals surface area (Å²) in [6.07, 6.45) is 1.76. The van der Waals surface area contributed by atoms with Gasteiger partial charge in [-0.05, 0) is 18.6 Å². The molecule has 0 saturated carbocycles. The maximum absolute atomic E-state index is 11.2. The highest BCUT2D eigenvalue weighted by molar-refractivity contribution is 5.77. The average Bonchev–Trinajstić information content (AvgIpc) is 2.43. The van der Waals surface area contributed by atoms with Crippen molar-refractivity contribution in [2.45, 2.75) is 27.3 Å². The summed E-state index contributed by atoms with van der Waals surface area (Å²) in [5.74, 6) is -0.141. The summed E-state index contributed by atoms with van der Waals surface area (Å²) in [4.78, 5) is 21.9. The smallest absolute Gasteiger partial charge is 0.227 e. The van der Waals surface area contributed by atoms with Gasteiger partial charge in [0.05, 0.1) is 6.54 Å². The number of amides is 1. The van der Waals surface area contributed by atoms with E-state index < -0.39 is 0 Å². The number of carbonyl (C=O) groups is 2. The molecule has 0 spiro atoms. The molecule has 14 heavy (non-hydrogen) atoms. The van der Waals surface area contributed by atoms with Crippen molar-refractivity contribution in [2.24, 2.45) is 0 Å². The van der Waals surface area contributed by atoms with E-state index in [4.69, 9.17) is 0 Å². The van der Waals surface area contributed by atoms with E-state index in [-0.39, 0.29) is 11.8 Å². The van der Waals surface area contributed by atoms with E-state index in [0.29, 0.717) is 6.54 Å². The minimum Gasteiger partial charge on any atom is -0.351 e. The largest absolute Gasteiger partial charge is 0.351 e. The summed E-state index contributed by atoms with van der Waals surface area (Å²) >= 11 is 0. The molecule has 0 atom stereocenters. The second-order valence-electron chi connectivity index (χ2n) is 3.31. The number of carbonyl (C=O) groups excluding carboxylic acids is 2. The van der Waals surface area contributed by atoms with Crippen molar-refractivity contribution in [3.05, 3.63) is 23.5 Å². The Bertz CT molecular complexity index is 366. The minimum absolute atomic E-state index is 0.0431. The molecule has 0 aliphatic carbocycles. The van der Waals surface area contributed by atoms with Gasteiger partial charge in [-0.15, -0.1) is 0 Å². The van der Waals surface area contributed by atoms with Gasteiger partial charge in [0.25, 0.3) is 0 Å². The van der Waals surface area contributed by atoms with Crippen molar-refractivity contribution in [2.75, 3.05) is 0 Å². The molecule has 76 valence electrons. The first-order valence-corrected chi connectivity index (χ1v) is 4.44. The van der Waals surface area contributed by atoms with Crippen LogP contribution in [-0.4, -0.2) is 16.4 Å². The Kier molecular flexibility index (Phi) is 3.06. The van der Waals surface area contributed by atoms with Crippen molar-refractivity contribution < 1.29 is 9.59 Å². The Morgan fingerprint density at radius 2 is 2.07 bits per heavy atom. The van der Waals surface area contributed by atoms with Gasteiger partial charge in [-0.3, -0.25) is 14.2 Å². The number of aromatic nitrogens is 1. The normalized spacial score (nSPS) is 9.93. The van der Waals surface area contributed by atoms with Crippen LogP contribution in [0.4, 0.5) is 0 Å². The topological polar surface area (TPSA) is 51.1 Å². The summed E-state index contributed by atoms with van der Waals surface area (Å²) in [6.45, 7) is 5.25. The van der Waals surface area contributed by atoms with Gasteiger partial charge in [-0.25, -0.2) is 0 Å². The average molecular weight is 194 g/mol. The van der Waals surface area contributed by atoms with Crippen molar-refractivity contribution in [3.63, 3.8) is 0 Å². The third kappa shape index (κ3) is 2.45. The number of nitrogens with one attached hydrogen (secondary N) is 1. The zero-order valence-electron chi connectivity index (χ0n) is 8.63. The van der Waals surface area contributed by atoms with Crippen LogP contribution in [0.5, 0.6) is 0 Å². The molecule has 1 aromatic heterocycles. The highest BCUT2D eigenvalue weighted by Crippen LogP contribution is 2.07. The fourth-order valence-electron chi connectivity index (χ4n) is 1.30. The Morgan fingerprint density at radius 3 is 2.57 bits per heavy atom. The van der Waals surface area contributed by atoms with Crippen LogP contribution in [0.15, 0.2) is 12.3 Å². The predicted octanol–water partition coefficient (Wildman–Crippen LogP) is 1.09. The standard InChI is InChI=1S/C10H14N2O2/c1-7-4-10(5-11-8(2)13)12(6-7)9(3)14/h4,6H,5H2,1-3H3,(H,11,13). The van der Waals surface area contributed by atoms with Crippen molar-refractivity contribution in [3.8, 4) is 0 Å². The second-order valence-corrected chi connectivity index (χ2v) is 3.31. The Morgan fingerprint density at radius 1 is 1.43 bits per heavy atom. The van der Waals surface area contributed by atoms with Crippen molar-refractivity contribution in [1.29, 1.82) is 0 Å². The van der Waals surface area contributed by atoms with Crippen LogP contribution in [0, 0.1) is 6.92 Å². The number of hydrogen-bond donors (Lipinski definition) is 1. The van der Waals surface area contributed by atoms with E-state index in [2.05, 4.69) is 5.32 Å². The molecular formula is C10H14N2O2. The molecule has 1 aromatic rings. The molecule has 0 saturated heterocycles. The van der Waals surface area contributed by atoms with Gasteiger partial charge in [0.2, 0.25) is 11.8 Å². The number of nitrogens with zero attached hydrogens (tertiary/aromatic N) is 1. The fraction of sp³-hybridized carbons (Fsp3) is 0.400. The Labute approximate surface area is 82.9 Å². The van der Waals surface area contributed by atoms with E-state index in [1.807, 2.05) is 13.0 Å². The van der Waals surface area contributed by atoms with Crippen LogP contribution in [0.3, 0.4) is 0 Å². The van der Waals surface area contributed by atoms with Crippen LogP contribution in [0.25, 0.3) is 0 Å². The SMILES string of the molecule is CC(=O)NCc1cc(C)cn1C(C)=O. The summed E-state index contributed by atoms with van der Waals surface area (Å²) in [6, 6.07) is 1.89. The van der Waals surface area contributed by atoms with Gasteiger partial charge < -0.3 is 5.32 Å². The molecule has 0 fully saturated rings. The maximum Gasteiger partial charge on any atom is 0.227 e. The monoisotopic (exact) mass is 194 g/mol. The lowest BCUT2D eigenvalue weighted by Crippen LogP contribution is -2.22. The molecule has 1 N–H and O–H groups in total. The van der Waals surface area contributed by atoms with Gasteiger partial charge in [0.15, 0.2) is 0 Å². The number of rotatable bonds is 2. The Hall–Kier alpha value is -1.58. The van der Waals surface area contributed by atoms with Crippen LogP contribution in [-0.2, 0) is 11.3 Å². The summed E-state index contributed by atoms with van der Waals surface area (Å²) in [7, 11) is 0. The zero-order valence-corrected chi connectivity index (χ0v) is 8.63. The van der Waals surface area contributed by atoms with Crippen molar-refractivity contribution >= 4 is 11.8 Å². The summed E-state index contributed by atoms with van der Waals surface area (Å²) < 4.78 is 1.55. The van der Waals surface area contributed by atoms with Gasteiger partial charge in [0.1, 0.15) is 0 Å². The summed E-state index contributed by atoms with van der Waals surface area (Å²) in [5.41, 5.74) is 1.82. The summed E-state index contributed by atoms with van der Waals surface area (Å²) in [5, 5.41) is 2.66. The molecule has 0 radical (unpaired) electrons. The number of aryl methyl sites for hydroxylation is 1. The molecule has 0 aromatic carbocycles. The quantitative estimate of drug-likeness (QED) is 0.766. The molecule has 0 aliphatic heterocycles. The molecule has 0 aliphatic rings. The van der Waals surface area contributed by atoms with Gasteiger partial charge in [-0.2, -0.15) is 0 Å².